The number of oxazole rings is 1. The van der Waals surface area contributed by atoms with Gasteiger partial charge >= 0.3 is 0 Å². The number of piperidine rings is 1. The SMILES string of the molecule is CCN(CC)S(=O)(=O)c1ccc(F)c(C(=O)N2CCC(c3nc4ccccc4o3)CC2)c1. The van der Waals surface area contributed by atoms with Crippen molar-refractivity contribution in [1.29, 1.82) is 0 Å². The lowest BCUT2D eigenvalue weighted by atomic mass is 9.96. The van der Waals surface area contributed by atoms with Crippen molar-refractivity contribution in [2.45, 2.75) is 37.5 Å². The molecule has 0 bridgehead atoms. The van der Waals surface area contributed by atoms with Gasteiger partial charge in [-0.25, -0.2) is 17.8 Å². The van der Waals surface area contributed by atoms with Crippen molar-refractivity contribution in [2.24, 2.45) is 0 Å². The number of aromatic nitrogens is 1. The quantitative estimate of drug-likeness (QED) is 0.556. The lowest BCUT2D eigenvalue weighted by molar-refractivity contribution is 0.0701. The molecule has 1 amide bonds. The van der Waals surface area contributed by atoms with Gasteiger partial charge in [-0.05, 0) is 43.2 Å². The van der Waals surface area contributed by atoms with Gasteiger partial charge in [0.1, 0.15) is 11.3 Å². The van der Waals surface area contributed by atoms with Gasteiger partial charge in [0.2, 0.25) is 10.0 Å². The van der Waals surface area contributed by atoms with Crippen molar-refractivity contribution in [3.8, 4) is 0 Å². The normalized spacial score (nSPS) is 15.6. The number of likely N-dealkylation sites (tertiary alicyclic amines) is 1. The maximum Gasteiger partial charge on any atom is 0.256 e. The van der Waals surface area contributed by atoms with Crippen molar-refractivity contribution >= 4 is 27.0 Å². The van der Waals surface area contributed by atoms with Gasteiger partial charge in [-0.2, -0.15) is 4.31 Å². The van der Waals surface area contributed by atoms with Gasteiger partial charge < -0.3 is 9.32 Å². The Morgan fingerprint density at radius 3 is 2.50 bits per heavy atom. The molecule has 1 fully saturated rings. The largest absolute Gasteiger partial charge is 0.440 e. The number of halogens is 1. The van der Waals surface area contributed by atoms with Gasteiger partial charge in [0.05, 0.1) is 10.5 Å². The molecular weight excluding hydrogens is 433 g/mol. The number of sulfonamides is 1. The minimum Gasteiger partial charge on any atom is -0.440 e. The molecule has 32 heavy (non-hydrogen) atoms. The van der Waals surface area contributed by atoms with E-state index >= 15 is 0 Å². The van der Waals surface area contributed by atoms with E-state index in [2.05, 4.69) is 4.98 Å². The highest BCUT2D eigenvalue weighted by Gasteiger charge is 2.30. The molecule has 1 aliphatic heterocycles. The number of fused-ring (bicyclic) bond motifs is 1. The summed E-state index contributed by atoms with van der Waals surface area (Å²) in [6.45, 7) is 4.88. The number of rotatable bonds is 6. The second kappa shape index (κ2) is 8.99. The Balaban J connectivity index is 1.50. The Labute approximate surface area is 186 Å². The van der Waals surface area contributed by atoms with Crippen molar-refractivity contribution in [1.82, 2.24) is 14.2 Å². The predicted molar refractivity (Wildman–Crippen MR) is 118 cm³/mol. The van der Waals surface area contributed by atoms with E-state index in [1.807, 2.05) is 24.3 Å². The van der Waals surface area contributed by atoms with Crippen LogP contribution in [0.25, 0.3) is 11.1 Å². The van der Waals surface area contributed by atoms with Crippen LogP contribution < -0.4 is 0 Å². The summed E-state index contributed by atoms with van der Waals surface area (Å²) >= 11 is 0. The Bertz CT molecular complexity index is 1200. The number of hydrogen-bond donors (Lipinski definition) is 0. The van der Waals surface area contributed by atoms with E-state index in [0.717, 1.165) is 23.2 Å². The Morgan fingerprint density at radius 1 is 1.16 bits per heavy atom. The van der Waals surface area contributed by atoms with E-state index in [9.17, 15) is 17.6 Å². The van der Waals surface area contributed by atoms with Crippen LogP contribution in [0.5, 0.6) is 0 Å². The zero-order valence-electron chi connectivity index (χ0n) is 18.1. The van der Waals surface area contributed by atoms with E-state index in [-0.39, 0.29) is 16.4 Å². The van der Waals surface area contributed by atoms with Crippen LogP contribution in [0.3, 0.4) is 0 Å². The molecule has 1 aliphatic rings. The van der Waals surface area contributed by atoms with Crippen LogP contribution in [-0.4, -0.2) is 54.7 Å². The van der Waals surface area contributed by atoms with Crippen molar-refractivity contribution in [3.05, 3.63) is 59.7 Å². The van der Waals surface area contributed by atoms with Crippen LogP contribution in [0, 0.1) is 5.82 Å². The van der Waals surface area contributed by atoms with Crippen LogP contribution in [-0.2, 0) is 10.0 Å². The number of hydrogen-bond acceptors (Lipinski definition) is 5. The molecule has 0 N–H and O–H groups in total. The summed E-state index contributed by atoms with van der Waals surface area (Å²) in [4.78, 5) is 19.1. The molecule has 0 aliphatic carbocycles. The molecule has 2 heterocycles. The van der Waals surface area contributed by atoms with Crippen LogP contribution >= 0.6 is 0 Å². The fourth-order valence-corrected chi connectivity index (χ4v) is 5.59. The zero-order chi connectivity index (χ0) is 22.9. The monoisotopic (exact) mass is 459 g/mol. The highest BCUT2D eigenvalue weighted by molar-refractivity contribution is 7.89. The molecule has 2 aromatic carbocycles. The predicted octanol–water partition coefficient (Wildman–Crippen LogP) is 4.02. The third kappa shape index (κ3) is 4.14. The molecule has 7 nitrogen and oxygen atoms in total. The number of amides is 1. The topological polar surface area (TPSA) is 83.7 Å². The van der Waals surface area contributed by atoms with Gasteiger partial charge in [0.25, 0.3) is 5.91 Å². The van der Waals surface area contributed by atoms with Crippen LogP contribution in [0.1, 0.15) is 48.9 Å². The van der Waals surface area contributed by atoms with Gasteiger partial charge in [-0.15, -0.1) is 0 Å². The fraction of sp³-hybridized carbons (Fsp3) is 0.391. The van der Waals surface area contributed by atoms with Crippen LogP contribution in [0.15, 0.2) is 51.8 Å². The molecule has 0 unspecified atom stereocenters. The Morgan fingerprint density at radius 2 is 1.84 bits per heavy atom. The van der Waals surface area contributed by atoms with Gasteiger partial charge in [-0.3, -0.25) is 4.79 Å². The average molecular weight is 460 g/mol. The Hall–Kier alpha value is -2.78. The fourth-order valence-electron chi connectivity index (χ4n) is 4.11. The summed E-state index contributed by atoms with van der Waals surface area (Å²) in [6, 6.07) is 11.0. The van der Waals surface area contributed by atoms with Gasteiger partial charge in [0.15, 0.2) is 11.5 Å². The van der Waals surface area contributed by atoms with Gasteiger partial charge in [-0.1, -0.05) is 26.0 Å². The summed E-state index contributed by atoms with van der Waals surface area (Å²) in [5, 5.41) is 0. The third-order valence-corrected chi connectivity index (χ3v) is 8.00. The second-order valence-corrected chi connectivity index (χ2v) is 9.76. The molecule has 1 aromatic heterocycles. The molecule has 9 heteroatoms. The minimum atomic E-state index is -3.79. The van der Waals surface area contributed by atoms with Crippen molar-refractivity contribution < 1.29 is 22.0 Å². The summed E-state index contributed by atoms with van der Waals surface area (Å²) in [7, 11) is -3.79. The second-order valence-electron chi connectivity index (χ2n) is 7.82. The summed E-state index contributed by atoms with van der Waals surface area (Å²) in [5.41, 5.74) is 1.31. The number of carbonyl (C=O) groups is 1. The lowest BCUT2D eigenvalue weighted by Gasteiger charge is -2.31. The lowest BCUT2D eigenvalue weighted by Crippen LogP contribution is -2.38. The summed E-state index contributed by atoms with van der Waals surface area (Å²) in [5.74, 6) is -0.507. The van der Waals surface area contributed by atoms with Crippen LogP contribution in [0.4, 0.5) is 4.39 Å². The Kier molecular flexibility index (Phi) is 6.30. The summed E-state index contributed by atoms with van der Waals surface area (Å²) in [6.07, 6.45) is 1.27. The van der Waals surface area contributed by atoms with E-state index < -0.39 is 21.7 Å². The van der Waals surface area contributed by atoms with E-state index in [1.165, 1.54) is 10.4 Å². The summed E-state index contributed by atoms with van der Waals surface area (Å²) < 4.78 is 47.2. The van der Waals surface area contributed by atoms with E-state index in [0.29, 0.717) is 44.9 Å². The molecular formula is C23H26FN3O4S. The first-order chi connectivity index (χ1) is 15.3. The van der Waals surface area contributed by atoms with Gasteiger partial charge in [0, 0.05) is 32.1 Å². The average Bonchev–Trinajstić information content (AvgIpc) is 3.24. The third-order valence-electron chi connectivity index (χ3n) is 5.95. The van der Waals surface area contributed by atoms with Crippen molar-refractivity contribution in [2.75, 3.05) is 26.2 Å². The molecule has 170 valence electrons. The number of benzene rings is 2. The molecule has 0 saturated carbocycles. The first-order valence-electron chi connectivity index (χ1n) is 10.8. The minimum absolute atomic E-state index is 0.0747. The molecule has 4 rings (SSSR count). The number of para-hydroxylation sites is 2. The molecule has 0 spiro atoms. The smallest absolute Gasteiger partial charge is 0.256 e. The van der Waals surface area contributed by atoms with Crippen molar-refractivity contribution in [3.63, 3.8) is 0 Å². The first kappa shape index (κ1) is 22.4. The van der Waals surface area contributed by atoms with E-state index in [1.54, 1.807) is 18.7 Å². The zero-order valence-corrected chi connectivity index (χ0v) is 18.9. The highest BCUT2D eigenvalue weighted by atomic mass is 32.2. The molecule has 3 aromatic rings. The van der Waals surface area contributed by atoms with E-state index in [4.69, 9.17) is 4.42 Å². The standard InChI is InChI=1S/C23H26FN3O4S/c1-3-27(4-2)32(29,30)17-9-10-19(24)18(15-17)23(28)26-13-11-16(12-14-26)22-25-20-7-5-6-8-21(20)31-22/h5-10,15-16H,3-4,11-14H2,1-2H3. The van der Waals surface area contributed by atoms with Crippen LogP contribution in [0.2, 0.25) is 0 Å². The highest BCUT2D eigenvalue weighted by Crippen LogP contribution is 2.31. The number of nitrogens with zero attached hydrogens (tertiary/aromatic N) is 3. The maximum absolute atomic E-state index is 14.5. The first-order valence-corrected chi connectivity index (χ1v) is 12.2. The molecule has 0 atom stereocenters. The number of carbonyl (C=O) groups excluding carboxylic acids is 1. The molecule has 0 radical (unpaired) electrons. The molecule has 1 saturated heterocycles. The maximum atomic E-state index is 14.5.